The number of hydrogen-bond acceptors (Lipinski definition) is 1. The van der Waals surface area contributed by atoms with Gasteiger partial charge in [-0.15, -0.1) is 0 Å². The van der Waals surface area contributed by atoms with Gasteiger partial charge in [-0.3, -0.25) is 0 Å². The van der Waals surface area contributed by atoms with Gasteiger partial charge in [-0.2, -0.15) is 0 Å². The fraction of sp³-hybridized carbons (Fsp3) is 0.800. The summed E-state index contributed by atoms with van der Waals surface area (Å²) in [5.74, 6) is 2.93. The Morgan fingerprint density at radius 1 is 1.24 bits per heavy atom. The fourth-order valence-corrected chi connectivity index (χ4v) is 6.55. The molecule has 118 valence electrons. The first kappa shape index (κ1) is 15.3. The van der Waals surface area contributed by atoms with Gasteiger partial charge in [0.15, 0.2) is 0 Å². The molecule has 3 rings (SSSR count). The second kappa shape index (κ2) is 4.98. The minimum Gasteiger partial charge on any atom is -0.393 e. The van der Waals surface area contributed by atoms with Gasteiger partial charge in [-0.05, 0) is 72.2 Å². The fourth-order valence-electron chi connectivity index (χ4n) is 6.55. The van der Waals surface area contributed by atoms with Crippen LogP contribution in [0.5, 0.6) is 0 Å². The van der Waals surface area contributed by atoms with Crippen LogP contribution in [0.1, 0.15) is 59.8 Å². The van der Waals surface area contributed by atoms with Gasteiger partial charge in [0.2, 0.25) is 0 Å². The molecule has 0 heterocycles. The summed E-state index contributed by atoms with van der Waals surface area (Å²) in [6, 6.07) is 0. The highest BCUT2D eigenvalue weighted by Gasteiger charge is 2.57. The zero-order chi connectivity index (χ0) is 15.4. The molecule has 6 unspecified atom stereocenters. The highest BCUT2D eigenvalue weighted by Crippen LogP contribution is 2.64. The number of hydrogen-bond donors (Lipinski definition) is 1. The van der Waals surface area contributed by atoms with Crippen molar-refractivity contribution >= 4 is 0 Å². The Labute approximate surface area is 130 Å². The molecule has 1 N–H and O–H groups in total. The van der Waals surface area contributed by atoms with Crippen LogP contribution in [-0.4, -0.2) is 11.2 Å². The van der Waals surface area contributed by atoms with Crippen molar-refractivity contribution in [2.45, 2.75) is 65.9 Å². The van der Waals surface area contributed by atoms with E-state index in [1.807, 2.05) is 0 Å². The minimum absolute atomic E-state index is 0.111. The van der Waals surface area contributed by atoms with Crippen LogP contribution in [0.25, 0.3) is 0 Å². The number of aliphatic hydroxyl groups excluding tert-OH is 1. The summed E-state index contributed by atoms with van der Waals surface area (Å²) in [5.41, 5.74) is 2.04. The van der Waals surface area contributed by atoms with Crippen molar-refractivity contribution in [3.05, 3.63) is 24.3 Å². The van der Waals surface area contributed by atoms with Gasteiger partial charge in [-0.25, -0.2) is 0 Å². The van der Waals surface area contributed by atoms with Gasteiger partial charge in [0.1, 0.15) is 0 Å². The van der Waals surface area contributed by atoms with Crippen LogP contribution in [-0.2, 0) is 0 Å². The van der Waals surface area contributed by atoms with Gasteiger partial charge in [0.25, 0.3) is 0 Å². The van der Waals surface area contributed by atoms with Crippen molar-refractivity contribution in [2.24, 2.45) is 34.5 Å². The maximum atomic E-state index is 10.5. The Morgan fingerprint density at radius 3 is 2.62 bits per heavy atom. The Bertz CT molecular complexity index is 460. The standard InChI is InChI=1S/C20H32O/c1-6-14-7-9-17-16(13(14)2)8-10-18-19(3,4)11-15(21)12-20(17,18)5/h6-7,13,15-18,21H,1,8-12H2,2-5H3. The van der Waals surface area contributed by atoms with E-state index in [0.717, 1.165) is 30.6 Å². The van der Waals surface area contributed by atoms with Crippen LogP contribution in [0.4, 0.5) is 0 Å². The molecule has 0 aromatic rings. The monoisotopic (exact) mass is 288 g/mol. The van der Waals surface area contributed by atoms with E-state index in [0.29, 0.717) is 11.3 Å². The molecule has 0 aliphatic heterocycles. The van der Waals surface area contributed by atoms with E-state index < -0.39 is 0 Å². The first-order valence-corrected chi connectivity index (χ1v) is 8.80. The quantitative estimate of drug-likeness (QED) is 0.722. The molecule has 0 aromatic carbocycles. The van der Waals surface area contributed by atoms with Crippen LogP contribution in [0, 0.1) is 34.5 Å². The topological polar surface area (TPSA) is 20.2 Å². The van der Waals surface area contributed by atoms with Crippen molar-refractivity contribution in [2.75, 3.05) is 0 Å². The van der Waals surface area contributed by atoms with E-state index in [1.165, 1.54) is 24.8 Å². The molecule has 0 bridgehead atoms. The van der Waals surface area contributed by atoms with Crippen molar-refractivity contribution in [1.82, 2.24) is 0 Å². The first-order chi connectivity index (χ1) is 9.79. The number of allylic oxidation sites excluding steroid dienone is 3. The van der Waals surface area contributed by atoms with Crippen LogP contribution in [0.15, 0.2) is 24.3 Å². The second-order valence-corrected chi connectivity index (χ2v) is 8.89. The zero-order valence-electron chi connectivity index (χ0n) is 14.2. The first-order valence-electron chi connectivity index (χ1n) is 8.80. The van der Waals surface area contributed by atoms with Gasteiger partial charge in [0, 0.05) is 0 Å². The molecule has 0 radical (unpaired) electrons. The molecule has 0 amide bonds. The summed E-state index contributed by atoms with van der Waals surface area (Å²) in [4.78, 5) is 0. The van der Waals surface area contributed by atoms with Crippen LogP contribution in [0.2, 0.25) is 0 Å². The largest absolute Gasteiger partial charge is 0.393 e. The average Bonchev–Trinajstić information content (AvgIpc) is 2.37. The lowest BCUT2D eigenvalue weighted by Gasteiger charge is -2.62. The Morgan fingerprint density at radius 2 is 1.95 bits per heavy atom. The summed E-state index contributed by atoms with van der Waals surface area (Å²) < 4.78 is 0. The lowest BCUT2D eigenvalue weighted by atomic mass is 9.43. The summed E-state index contributed by atoms with van der Waals surface area (Å²) in [5, 5.41) is 10.5. The van der Waals surface area contributed by atoms with Gasteiger partial charge in [0.05, 0.1) is 6.10 Å². The third-order valence-corrected chi connectivity index (χ3v) is 7.34. The molecule has 6 atom stereocenters. The van der Waals surface area contributed by atoms with Crippen LogP contribution >= 0.6 is 0 Å². The Balaban J connectivity index is 1.97. The summed E-state index contributed by atoms with van der Waals surface area (Å²) in [6.45, 7) is 13.6. The highest BCUT2D eigenvalue weighted by molar-refractivity contribution is 5.25. The second-order valence-electron chi connectivity index (χ2n) is 8.89. The Kier molecular flexibility index (Phi) is 3.64. The van der Waals surface area contributed by atoms with E-state index in [4.69, 9.17) is 0 Å². The summed E-state index contributed by atoms with van der Waals surface area (Å²) in [7, 11) is 0. The SMILES string of the molecule is C=CC1=CCC2C(CCC3C(C)(C)CC(O)CC23C)C1C. The molecule has 2 saturated carbocycles. The molecule has 21 heavy (non-hydrogen) atoms. The lowest BCUT2D eigenvalue weighted by Crippen LogP contribution is -2.56. The molecule has 0 aromatic heterocycles. The molecular formula is C20H32O. The molecule has 1 heteroatoms. The van der Waals surface area contributed by atoms with Crippen LogP contribution < -0.4 is 0 Å². The van der Waals surface area contributed by atoms with Gasteiger partial charge < -0.3 is 5.11 Å². The van der Waals surface area contributed by atoms with E-state index in [2.05, 4.69) is 46.4 Å². The van der Waals surface area contributed by atoms with Crippen LogP contribution in [0.3, 0.4) is 0 Å². The van der Waals surface area contributed by atoms with E-state index in [-0.39, 0.29) is 11.5 Å². The molecule has 1 nitrogen and oxygen atoms in total. The zero-order valence-corrected chi connectivity index (χ0v) is 14.2. The van der Waals surface area contributed by atoms with Crippen molar-refractivity contribution in [3.63, 3.8) is 0 Å². The van der Waals surface area contributed by atoms with E-state index in [9.17, 15) is 5.11 Å². The van der Waals surface area contributed by atoms with Crippen molar-refractivity contribution in [1.29, 1.82) is 0 Å². The number of rotatable bonds is 1. The molecule has 3 aliphatic rings. The van der Waals surface area contributed by atoms with E-state index in [1.54, 1.807) is 0 Å². The van der Waals surface area contributed by atoms with Gasteiger partial charge in [-0.1, -0.05) is 46.4 Å². The maximum Gasteiger partial charge on any atom is 0.0550 e. The Hall–Kier alpha value is -0.560. The molecule has 3 aliphatic carbocycles. The minimum atomic E-state index is -0.111. The predicted molar refractivity (Wildman–Crippen MR) is 88.9 cm³/mol. The average molecular weight is 288 g/mol. The molecule has 0 saturated heterocycles. The third kappa shape index (κ3) is 2.23. The highest BCUT2D eigenvalue weighted by atomic mass is 16.3. The van der Waals surface area contributed by atoms with E-state index >= 15 is 0 Å². The summed E-state index contributed by atoms with van der Waals surface area (Å²) in [6.07, 6.45) is 10.3. The number of aliphatic hydroxyl groups is 1. The molecular weight excluding hydrogens is 256 g/mol. The van der Waals surface area contributed by atoms with Crippen molar-refractivity contribution < 1.29 is 5.11 Å². The van der Waals surface area contributed by atoms with Gasteiger partial charge >= 0.3 is 0 Å². The predicted octanol–water partition coefficient (Wildman–Crippen LogP) is 4.97. The maximum absolute atomic E-state index is 10.5. The number of fused-ring (bicyclic) bond motifs is 3. The lowest BCUT2D eigenvalue weighted by molar-refractivity contribution is -0.142. The smallest absolute Gasteiger partial charge is 0.0550 e. The summed E-state index contributed by atoms with van der Waals surface area (Å²) >= 11 is 0. The normalized spacial score (nSPS) is 48.8. The third-order valence-electron chi connectivity index (χ3n) is 7.34. The van der Waals surface area contributed by atoms with Crippen molar-refractivity contribution in [3.8, 4) is 0 Å². The molecule has 2 fully saturated rings. The molecule has 0 spiro atoms.